The Labute approximate surface area is 138 Å². The van der Waals surface area contributed by atoms with E-state index >= 15 is 0 Å². The van der Waals surface area contributed by atoms with Crippen molar-refractivity contribution in [2.45, 2.75) is 39.8 Å². The van der Waals surface area contributed by atoms with Gasteiger partial charge in [0.15, 0.2) is 0 Å². The van der Waals surface area contributed by atoms with Gasteiger partial charge in [0.1, 0.15) is 6.04 Å². The Kier molecular flexibility index (Phi) is 5.77. The fraction of sp³-hybridized carbons (Fsp3) is 0.556. The summed E-state index contributed by atoms with van der Waals surface area (Å²) in [5.41, 5.74) is 1.69. The van der Waals surface area contributed by atoms with Crippen LogP contribution in [0.2, 0.25) is 0 Å². The maximum atomic E-state index is 12.8. The third kappa shape index (κ3) is 4.55. The van der Waals surface area contributed by atoms with Crippen LogP contribution in [0.1, 0.15) is 36.7 Å². The first kappa shape index (κ1) is 17.5. The van der Waals surface area contributed by atoms with Crippen LogP contribution in [-0.2, 0) is 4.79 Å². The average Bonchev–Trinajstić information content (AvgIpc) is 2.52. The van der Waals surface area contributed by atoms with Gasteiger partial charge in [-0.05, 0) is 31.9 Å². The third-order valence-electron chi connectivity index (χ3n) is 4.21. The van der Waals surface area contributed by atoms with E-state index in [2.05, 4.69) is 17.6 Å². The molecule has 0 saturated carbocycles. The van der Waals surface area contributed by atoms with Crippen LogP contribution in [0.15, 0.2) is 24.3 Å². The van der Waals surface area contributed by atoms with E-state index in [4.69, 9.17) is 0 Å². The molecule has 2 atom stereocenters. The highest BCUT2D eigenvalue weighted by atomic mass is 16.2. The van der Waals surface area contributed by atoms with Crippen molar-refractivity contribution in [2.24, 2.45) is 5.92 Å². The molecule has 0 aromatic heterocycles. The SMILES string of the molecule is Cc1ccc(C(=O)NC(C(=O)N2CCNC(C)C2)C(C)C)cc1. The molecule has 1 aliphatic heterocycles. The van der Waals surface area contributed by atoms with Crippen molar-refractivity contribution in [1.82, 2.24) is 15.5 Å². The van der Waals surface area contributed by atoms with Gasteiger partial charge < -0.3 is 15.5 Å². The highest BCUT2D eigenvalue weighted by Gasteiger charge is 2.30. The zero-order valence-corrected chi connectivity index (χ0v) is 14.4. The lowest BCUT2D eigenvalue weighted by atomic mass is 10.0. The quantitative estimate of drug-likeness (QED) is 0.886. The number of benzene rings is 1. The molecule has 2 unspecified atom stereocenters. The van der Waals surface area contributed by atoms with E-state index in [0.717, 1.165) is 12.1 Å². The Morgan fingerprint density at radius 2 is 1.91 bits per heavy atom. The zero-order valence-electron chi connectivity index (χ0n) is 14.4. The number of carbonyl (C=O) groups excluding carboxylic acids is 2. The number of rotatable bonds is 4. The van der Waals surface area contributed by atoms with Crippen LogP contribution in [0.25, 0.3) is 0 Å². The van der Waals surface area contributed by atoms with Crippen molar-refractivity contribution in [3.63, 3.8) is 0 Å². The maximum Gasteiger partial charge on any atom is 0.251 e. The molecule has 1 fully saturated rings. The molecule has 5 heteroatoms. The maximum absolute atomic E-state index is 12.8. The predicted octanol–water partition coefficient (Wildman–Crippen LogP) is 1.57. The van der Waals surface area contributed by atoms with Gasteiger partial charge in [-0.2, -0.15) is 0 Å². The van der Waals surface area contributed by atoms with Gasteiger partial charge in [0.25, 0.3) is 5.91 Å². The van der Waals surface area contributed by atoms with Gasteiger partial charge >= 0.3 is 0 Å². The largest absolute Gasteiger partial charge is 0.340 e. The average molecular weight is 317 g/mol. The second-order valence-corrected chi connectivity index (χ2v) is 6.70. The first-order chi connectivity index (χ1) is 10.9. The summed E-state index contributed by atoms with van der Waals surface area (Å²) in [6.45, 7) is 10.1. The third-order valence-corrected chi connectivity index (χ3v) is 4.21. The van der Waals surface area contributed by atoms with Crippen molar-refractivity contribution >= 4 is 11.8 Å². The highest BCUT2D eigenvalue weighted by Crippen LogP contribution is 2.11. The van der Waals surface area contributed by atoms with Gasteiger partial charge in [0.05, 0.1) is 0 Å². The summed E-state index contributed by atoms with van der Waals surface area (Å²) in [5.74, 6) is -0.142. The molecule has 1 aromatic carbocycles. The molecule has 0 radical (unpaired) electrons. The second-order valence-electron chi connectivity index (χ2n) is 6.70. The van der Waals surface area contributed by atoms with Crippen LogP contribution < -0.4 is 10.6 Å². The Morgan fingerprint density at radius 3 is 2.48 bits per heavy atom. The fourth-order valence-electron chi connectivity index (χ4n) is 2.77. The lowest BCUT2D eigenvalue weighted by Crippen LogP contribution is -2.57. The van der Waals surface area contributed by atoms with E-state index in [1.807, 2.05) is 37.8 Å². The zero-order chi connectivity index (χ0) is 17.0. The van der Waals surface area contributed by atoms with Gasteiger partial charge in [0.2, 0.25) is 5.91 Å². The molecule has 0 spiro atoms. The van der Waals surface area contributed by atoms with E-state index in [1.165, 1.54) is 0 Å². The fourth-order valence-corrected chi connectivity index (χ4v) is 2.77. The normalized spacial score (nSPS) is 19.5. The summed E-state index contributed by atoms with van der Waals surface area (Å²) < 4.78 is 0. The molecule has 126 valence electrons. The summed E-state index contributed by atoms with van der Waals surface area (Å²) in [6, 6.07) is 7.18. The molecule has 2 rings (SSSR count). The Morgan fingerprint density at radius 1 is 1.26 bits per heavy atom. The summed E-state index contributed by atoms with van der Waals surface area (Å²) in [5, 5.41) is 6.24. The number of hydrogen-bond donors (Lipinski definition) is 2. The molecule has 0 bridgehead atoms. The lowest BCUT2D eigenvalue weighted by Gasteiger charge is -2.35. The molecule has 1 aromatic rings. The molecule has 2 amide bonds. The molecule has 1 aliphatic rings. The summed E-state index contributed by atoms with van der Waals surface area (Å²) in [4.78, 5) is 27.1. The van der Waals surface area contributed by atoms with E-state index < -0.39 is 6.04 Å². The number of aryl methyl sites for hydroxylation is 1. The summed E-state index contributed by atoms with van der Waals surface area (Å²) in [7, 11) is 0. The molecule has 0 aliphatic carbocycles. The number of amides is 2. The van der Waals surface area contributed by atoms with Gasteiger partial charge in [-0.1, -0.05) is 31.5 Å². The number of hydrogen-bond acceptors (Lipinski definition) is 3. The monoisotopic (exact) mass is 317 g/mol. The van der Waals surface area contributed by atoms with E-state index in [1.54, 1.807) is 12.1 Å². The standard InChI is InChI=1S/C18H27N3O2/c1-12(2)16(18(23)21-10-9-19-14(4)11-21)20-17(22)15-7-5-13(3)6-8-15/h5-8,12,14,16,19H,9-11H2,1-4H3,(H,20,22). The first-order valence-corrected chi connectivity index (χ1v) is 8.28. The van der Waals surface area contributed by atoms with Crippen LogP contribution in [-0.4, -0.2) is 48.4 Å². The minimum absolute atomic E-state index is 0.00816. The molecule has 1 saturated heterocycles. The topological polar surface area (TPSA) is 61.4 Å². The number of carbonyl (C=O) groups is 2. The van der Waals surface area contributed by atoms with Gasteiger partial charge in [-0.25, -0.2) is 0 Å². The Bertz CT molecular complexity index is 554. The van der Waals surface area contributed by atoms with Crippen molar-refractivity contribution in [2.75, 3.05) is 19.6 Å². The van der Waals surface area contributed by atoms with E-state index in [-0.39, 0.29) is 23.8 Å². The summed E-state index contributed by atoms with van der Waals surface area (Å²) >= 11 is 0. The highest BCUT2D eigenvalue weighted by molar-refractivity contribution is 5.97. The van der Waals surface area contributed by atoms with Crippen molar-refractivity contribution in [3.05, 3.63) is 35.4 Å². The number of piperazine rings is 1. The minimum Gasteiger partial charge on any atom is -0.340 e. The molecule has 5 nitrogen and oxygen atoms in total. The van der Waals surface area contributed by atoms with Crippen LogP contribution in [0.3, 0.4) is 0 Å². The van der Waals surface area contributed by atoms with Crippen molar-refractivity contribution in [1.29, 1.82) is 0 Å². The smallest absolute Gasteiger partial charge is 0.251 e. The molecular weight excluding hydrogens is 290 g/mol. The van der Waals surface area contributed by atoms with Crippen LogP contribution >= 0.6 is 0 Å². The summed E-state index contributed by atoms with van der Waals surface area (Å²) in [6.07, 6.45) is 0. The van der Waals surface area contributed by atoms with E-state index in [9.17, 15) is 9.59 Å². The van der Waals surface area contributed by atoms with Gasteiger partial charge in [-0.3, -0.25) is 9.59 Å². The number of nitrogens with zero attached hydrogens (tertiary/aromatic N) is 1. The minimum atomic E-state index is -0.492. The first-order valence-electron chi connectivity index (χ1n) is 8.28. The van der Waals surface area contributed by atoms with Gasteiger partial charge in [-0.15, -0.1) is 0 Å². The molecule has 2 N–H and O–H groups in total. The lowest BCUT2D eigenvalue weighted by molar-refractivity contribution is -0.135. The Balaban J connectivity index is 2.07. The van der Waals surface area contributed by atoms with Gasteiger partial charge in [0, 0.05) is 31.2 Å². The molecule has 1 heterocycles. The second kappa shape index (κ2) is 7.59. The van der Waals surface area contributed by atoms with Crippen LogP contribution in [0, 0.1) is 12.8 Å². The van der Waals surface area contributed by atoms with Crippen LogP contribution in [0.5, 0.6) is 0 Å². The van der Waals surface area contributed by atoms with Crippen molar-refractivity contribution in [3.8, 4) is 0 Å². The molecular formula is C18H27N3O2. The number of nitrogens with one attached hydrogen (secondary N) is 2. The predicted molar refractivity (Wildman–Crippen MR) is 91.3 cm³/mol. The van der Waals surface area contributed by atoms with E-state index in [0.29, 0.717) is 18.7 Å². The van der Waals surface area contributed by atoms with Crippen molar-refractivity contribution < 1.29 is 9.59 Å². The Hall–Kier alpha value is -1.88. The van der Waals surface area contributed by atoms with Crippen LogP contribution in [0.4, 0.5) is 0 Å². The molecule has 23 heavy (non-hydrogen) atoms.